The van der Waals surface area contributed by atoms with E-state index in [0.29, 0.717) is 0 Å². The zero-order valence-corrected chi connectivity index (χ0v) is 12.0. The number of nitrogens with one attached hydrogen (secondary N) is 1. The van der Waals surface area contributed by atoms with Crippen molar-refractivity contribution in [3.8, 4) is 0 Å². The van der Waals surface area contributed by atoms with Gasteiger partial charge in [-0.3, -0.25) is 4.90 Å². The first kappa shape index (κ1) is 13.1. The lowest BCUT2D eigenvalue weighted by molar-refractivity contribution is 0.194. The molecule has 2 rings (SSSR count). The lowest BCUT2D eigenvalue weighted by atomic mass is 9.97. The number of rotatable bonds is 5. The molecule has 2 heterocycles. The molecule has 0 atom stereocenters. The monoisotopic (exact) mass is 300 g/mol. The predicted molar refractivity (Wildman–Crippen MR) is 73.0 cm³/mol. The highest BCUT2D eigenvalue weighted by atomic mass is 79.9. The Morgan fingerprint density at radius 3 is 2.82 bits per heavy atom. The molecule has 1 aliphatic heterocycles. The van der Waals surface area contributed by atoms with Gasteiger partial charge in [0, 0.05) is 6.54 Å². The molecule has 17 heavy (non-hydrogen) atoms. The highest BCUT2D eigenvalue weighted by Gasteiger charge is 2.17. The van der Waals surface area contributed by atoms with E-state index in [1.807, 2.05) is 6.07 Å². The number of halogens is 1. The molecule has 0 amide bonds. The van der Waals surface area contributed by atoms with Gasteiger partial charge >= 0.3 is 0 Å². The first-order chi connectivity index (χ1) is 8.29. The van der Waals surface area contributed by atoms with Crippen molar-refractivity contribution in [2.75, 3.05) is 26.2 Å². The van der Waals surface area contributed by atoms with Crippen LogP contribution in [0.5, 0.6) is 0 Å². The zero-order valence-electron chi connectivity index (χ0n) is 10.4. The molecule has 1 fully saturated rings. The van der Waals surface area contributed by atoms with Crippen LogP contribution in [-0.4, -0.2) is 31.1 Å². The Kier molecular flexibility index (Phi) is 5.07. The molecule has 1 aromatic rings. The van der Waals surface area contributed by atoms with Gasteiger partial charge in [0.25, 0.3) is 0 Å². The van der Waals surface area contributed by atoms with Gasteiger partial charge < -0.3 is 9.73 Å². The van der Waals surface area contributed by atoms with Crippen molar-refractivity contribution in [3.63, 3.8) is 0 Å². The first-order valence-electron chi connectivity index (χ1n) is 6.44. The van der Waals surface area contributed by atoms with Gasteiger partial charge in [-0.05, 0) is 60.4 Å². The van der Waals surface area contributed by atoms with Crippen LogP contribution in [0.3, 0.4) is 0 Å². The van der Waals surface area contributed by atoms with Crippen LogP contribution >= 0.6 is 15.9 Å². The molecular weight excluding hydrogens is 280 g/mol. The van der Waals surface area contributed by atoms with Crippen LogP contribution in [-0.2, 0) is 6.54 Å². The minimum Gasteiger partial charge on any atom is -0.467 e. The third-order valence-electron chi connectivity index (χ3n) is 3.48. The number of hydrogen-bond donors (Lipinski definition) is 1. The molecule has 1 aliphatic rings. The maximum absolute atomic E-state index is 5.48. The topological polar surface area (TPSA) is 28.4 Å². The Bertz CT molecular complexity index is 334. The molecular formula is C13H21BrN2O. The average molecular weight is 301 g/mol. The van der Waals surface area contributed by atoms with Gasteiger partial charge in [-0.2, -0.15) is 0 Å². The quantitative estimate of drug-likeness (QED) is 0.906. The smallest absolute Gasteiger partial charge is 0.131 e. The SMILES string of the molecule is CCN(Cc1occc1Br)CC1CCNCC1. The van der Waals surface area contributed by atoms with E-state index >= 15 is 0 Å². The first-order valence-corrected chi connectivity index (χ1v) is 7.24. The summed E-state index contributed by atoms with van der Waals surface area (Å²) in [6.45, 7) is 7.74. The van der Waals surface area contributed by atoms with Crippen molar-refractivity contribution in [3.05, 3.63) is 22.6 Å². The van der Waals surface area contributed by atoms with Crippen molar-refractivity contribution in [1.29, 1.82) is 0 Å². The third kappa shape index (κ3) is 3.83. The molecule has 1 N–H and O–H groups in total. The van der Waals surface area contributed by atoms with Crippen molar-refractivity contribution >= 4 is 15.9 Å². The van der Waals surface area contributed by atoms with Crippen LogP contribution in [0.1, 0.15) is 25.5 Å². The van der Waals surface area contributed by atoms with Crippen molar-refractivity contribution < 1.29 is 4.42 Å². The van der Waals surface area contributed by atoms with Crippen LogP contribution in [0.25, 0.3) is 0 Å². The van der Waals surface area contributed by atoms with Gasteiger partial charge in [-0.25, -0.2) is 0 Å². The Morgan fingerprint density at radius 2 is 2.24 bits per heavy atom. The number of piperidine rings is 1. The summed E-state index contributed by atoms with van der Waals surface area (Å²) < 4.78 is 6.57. The van der Waals surface area contributed by atoms with Crippen molar-refractivity contribution in [2.24, 2.45) is 5.92 Å². The van der Waals surface area contributed by atoms with Crippen LogP contribution in [0.2, 0.25) is 0 Å². The zero-order chi connectivity index (χ0) is 12.1. The molecule has 0 bridgehead atoms. The van der Waals surface area contributed by atoms with E-state index in [2.05, 4.69) is 33.1 Å². The highest BCUT2D eigenvalue weighted by molar-refractivity contribution is 9.10. The Morgan fingerprint density at radius 1 is 1.47 bits per heavy atom. The van der Waals surface area contributed by atoms with Gasteiger partial charge in [0.05, 0.1) is 17.3 Å². The second-order valence-corrected chi connectivity index (χ2v) is 5.57. The summed E-state index contributed by atoms with van der Waals surface area (Å²) in [5, 5.41) is 3.42. The van der Waals surface area contributed by atoms with Gasteiger partial charge in [0.15, 0.2) is 0 Å². The van der Waals surface area contributed by atoms with Crippen molar-refractivity contribution in [2.45, 2.75) is 26.3 Å². The molecule has 0 spiro atoms. The van der Waals surface area contributed by atoms with E-state index in [0.717, 1.165) is 29.2 Å². The van der Waals surface area contributed by atoms with E-state index in [1.165, 1.54) is 32.5 Å². The number of furan rings is 1. The number of nitrogens with zero attached hydrogens (tertiary/aromatic N) is 1. The average Bonchev–Trinajstić information content (AvgIpc) is 2.75. The molecule has 0 unspecified atom stereocenters. The molecule has 0 aliphatic carbocycles. The molecule has 96 valence electrons. The van der Waals surface area contributed by atoms with E-state index < -0.39 is 0 Å². The Labute approximate surface area is 112 Å². The molecule has 1 saturated heterocycles. The van der Waals surface area contributed by atoms with Crippen LogP contribution < -0.4 is 5.32 Å². The van der Waals surface area contributed by atoms with Gasteiger partial charge in [0.2, 0.25) is 0 Å². The minimum atomic E-state index is 0.838. The molecule has 4 heteroatoms. The molecule has 0 radical (unpaired) electrons. The second kappa shape index (κ2) is 6.57. The standard InChI is InChI=1S/C13H21BrN2O/c1-2-16(9-11-3-6-15-7-4-11)10-13-12(14)5-8-17-13/h5,8,11,15H,2-4,6-7,9-10H2,1H3. The summed E-state index contributed by atoms with van der Waals surface area (Å²) >= 11 is 3.52. The lowest BCUT2D eigenvalue weighted by Crippen LogP contribution is -2.35. The maximum atomic E-state index is 5.48. The molecule has 0 aromatic carbocycles. The fourth-order valence-corrected chi connectivity index (χ4v) is 2.70. The predicted octanol–water partition coefficient (Wildman–Crippen LogP) is 2.86. The minimum absolute atomic E-state index is 0.838. The molecule has 3 nitrogen and oxygen atoms in total. The summed E-state index contributed by atoms with van der Waals surface area (Å²) in [5.41, 5.74) is 0. The third-order valence-corrected chi connectivity index (χ3v) is 4.19. The van der Waals surface area contributed by atoms with E-state index in [1.54, 1.807) is 6.26 Å². The summed E-state index contributed by atoms with van der Waals surface area (Å²) in [6, 6.07) is 1.97. The second-order valence-electron chi connectivity index (χ2n) is 4.71. The Balaban J connectivity index is 1.85. The normalized spacial score (nSPS) is 17.8. The molecule has 0 saturated carbocycles. The summed E-state index contributed by atoms with van der Waals surface area (Å²) in [6.07, 6.45) is 4.35. The van der Waals surface area contributed by atoms with Crippen LogP contribution in [0.15, 0.2) is 21.2 Å². The number of hydrogen-bond acceptors (Lipinski definition) is 3. The van der Waals surface area contributed by atoms with E-state index in [9.17, 15) is 0 Å². The van der Waals surface area contributed by atoms with E-state index in [-0.39, 0.29) is 0 Å². The fraction of sp³-hybridized carbons (Fsp3) is 0.692. The molecule has 1 aromatic heterocycles. The Hall–Kier alpha value is -0.320. The maximum Gasteiger partial charge on any atom is 0.131 e. The summed E-state index contributed by atoms with van der Waals surface area (Å²) in [4.78, 5) is 2.47. The summed E-state index contributed by atoms with van der Waals surface area (Å²) in [7, 11) is 0. The summed E-state index contributed by atoms with van der Waals surface area (Å²) in [5.74, 6) is 1.88. The van der Waals surface area contributed by atoms with Gasteiger partial charge in [-0.1, -0.05) is 6.92 Å². The largest absolute Gasteiger partial charge is 0.467 e. The van der Waals surface area contributed by atoms with Gasteiger partial charge in [0.1, 0.15) is 5.76 Å². The fourth-order valence-electron chi connectivity index (χ4n) is 2.38. The highest BCUT2D eigenvalue weighted by Crippen LogP contribution is 2.21. The van der Waals surface area contributed by atoms with Crippen LogP contribution in [0, 0.1) is 5.92 Å². The van der Waals surface area contributed by atoms with Crippen molar-refractivity contribution in [1.82, 2.24) is 10.2 Å². The lowest BCUT2D eigenvalue weighted by Gasteiger charge is -2.28. The van der Waals surface area contributed by atoms with E-state index in [4.69, 9.17) is 4.42 Å². The van der Waals surface area contributed by atoms with Gasteiger partial charge in [-0.15, -0.1) is 0 Å². The van der Waals surface area contributed by atoms with Crippen LogP contribution in [0.4, 0.5) is 0 Å².